The molecule has 28 heavy (non-hydrogen) atoms. The minimum absolute atomic E-state index is 0.342. The van der Waals surface area contributed by atoms with Crippen molar-refractivity contribution < 1.29 is 4.79 Å². The molecule has 3 aliphatic carbocycles. The normalized spacial score (nSPS) is 31.8. The molecule has 3 aliphatic rings. The molecule has 0 bridgehead atoms. The van der Waals surface area contributed by atoms with Crippen LogP contribution in [0.2, 0.25) is 0 Å². The highest BCUT2D eigenvalue weighted by Crippen LogP contribution is 2.59. The molecule has 4 atom stereocenters. The molecule has 0 N–H and O–H groups in total. The number of carbonyl (C=O) groups excluding carboxylic acids is 1. The molecule has 0 aliphatic heterocycles. The maximum Gasteiger partial charge on any atom is 0.158 e. The summed E-state index contributed by atoms with van der Waals surface area (Å²) in [6.07, 6.45) is 15.8. The fourth-order valence-electron chi connectivity index (χ4n) is 6.54. The van der Waals surface area contributed by atoms with Gasteiger partial charge in [-0.15, -0.1) is 5.73 Å². The van der Waals surface area contributed by atoms with Gasteiger partial charge in [0.05, 0.1) is 0 Å². The van der Waals surface area contributed by atoms with Gasteiger partial charge >= 0.3 is 0 Å². The molecular formula is C27H42O. The van der Waals surface area contributed by atoms with Crippen molar-refractivity contribution in [2.24, 2.45) is 29.1 Å². The number of allylic oxidation sites excluding steroid dienone is 3. The maximum atomic E-state index is 12.0. The zero-order valence-electron chi connectivity index (χ0n) is 19.1. The van der Waals surface area contributed by atoms with Crippen LogP contribution in [0.5, 0.6) is 0 Å². The molecule has 1 nitrogen and oxygen atoms in total. The lowest BCUT2D eigenvalue weighted by molar-refractivity contribution is -0.116. The van der Waals surface area contributed by atoms with E-state index in [1.807, 2.05) is 6.92 Å². The number of Topliss-reactive ketones (excluding diaryl/α,β-unsaturated/α-hetero) is 1. The first kappa shape index (κ1) is 21.6. The smallest absolute Gasteiger partial charge is 0.158 e. The van der Waals surface area contributed by atoms with E-state index in [0.29, 0.717) is 11.2 Å². The molecule has 1 heteroatoms. The third-order valence-electron chi connectivity index (χ3n) is 8.30. The van der Waals surface area contributed by atoms with Crippen molar-refractivity contribution in [2.45, 2.75) is 105 Å². The third-order valence-corrected chi connectivity index (χ3v) is 8.30. The summed E-state index contributed by atoms with van der Waals surface area (Å²) in [4.78, 5) is 12.0. The van der Waals surface area contributed by atoms with Gasteiger partial charge in [0.2, 0.25) is 0 Å². The van der Waals surface area contributed by atoms with Crippen LogP contribution in [0.1, 0.15) is 105 Å². The summed E-state index contributed by atoms with van der Waals surface area (Å²) in [5.74, 6) is 3.61. The van der Waals surface area contributed by atoms with Gasteiger partial charge < -0.3 is 0 Å². The Morgan fingerprint density at radius 3 is 2.64 bits per heavy atom. The first-order valence-corrected chi connectivity index (χ1v) is 12.0. The van der Waals surface area contributed by atoms with Crippen molar-refractivity contribution in [2.75, 3.05) is 0 Å². The summed E-state index contributed by atoms with van der Waals surface area (Å²) in [6, 6.07) is 0. The van der Waals surface area contributed by atoms with Crippen molar-refractivity contribution in [3.63, 3.8) is 0 Å². The topological polar surface area (TPSA) is 17.1 Å². The van der Waals surface area contributed by atoms with Crippen molar-refractivity contribution in [3.8, 4) is 0 Å². The van der Waals surface area contributed by atoms with Gasteiger partial charge in [-0.3, -0.25) is 4.79 Å². The van der Waals surface area contributed by atoms with Crippen LogP contribution < -0.4 is 0 Å². The van der Waals surface area contributed by atoms with Crippen LogP contribution in [-0.2, 0) is 4.79 Å². The standard InChI is InChI=1S/C27H42O/c1-19(2)9-6-10-20(3)24-16-17-25-23(12-8-18-27(24,25)5)15-14-22-11-7-13-26(28)21(22)4/h14,19-20,24-25H,6-13,16-18H2,1-5H3. The van der Waals surface area contributed by atoms with Crippen LogP contribution in [0.15, 0.2) is 28.5 Å². The Bertz CT molecular complexity index is 672. The van der Waals surface area contributed by atoms with Crippen molar-refractivity contribution in [1.82, 2.24) is 0 Å². The number of ketones is 1. The monoisotopic (exact) mass is 382 g/mol. The van der Waals surface area contributed by atoms with Crippen LogP contribution in [0.4, 0.5) is 0 Å². The van der Waals surface area contributed by atoms with E-state index in [1.54, 1.807) is 5.57 Å². The fourth-order valence-corrected chi connectivity index (χ4v) is 6.54. The molecule has 0 saturated heterocycles. The van der Waals surface area contributed by atoms with Crippen LogP contribution >= 0.6 is 0 Å². The lowest BCUT2D eigenvalue weighted by Crippen LogP contribution is -2.35. The molecular weight excluding hydrogens is 340 g/mol. The maximum absolute atomic E-state index is 12.0. The Kier molecular flexibility index (Phi) is 7.08. The van der Waals surface area contributed by atoms with Crippen LogP contribution in [-0.4, -0.2) is 5.78 Å². The van der Waals surface area contributed by atoms with E-state index in [-0.39, 0.29) is 0 Å². The second kappa shape index (κ2) is 9.17. The average molecular weight is 383 g/mol. The molecule has 2 fully saturated rings. The Morgan fingerprint density at radius 2 is 1.89 bits per heavy atom. The first-order valence-electron chi connectivity index (χ1n) is 12.0. The van der Waals surface area contributed by atoms with E-state index in [1.165, 1.54) is 56.9 Å². The molecule has 0 aromatic heterocycles. The van der Waals surface area contributed by atoms with E-state index in [9.17, 15) is 4.79 Å². The third kappa shape index (κ3) is 4.56. The minimum Gasteiger partial charge on any atom is -0.295 e. The quantitative estimate of drug-likeness (QED) is 0.428. The van der Waals surface area contributed by atoms with E-state index in [0.717, 1.165) is 48.5 Å². The molecule has 0 amide bonds. The molecule has 0 aromatic carbocycles. The van der Waals surface area contributed by atoms with Gasteiger partial charge in [-0.05, 0) is 104 Å². The first-order chi connectivity index (χ1) is 13.3. The molecule has 0 spiro atoms. The second-order valence-corrected chi connectivity index (χ2v) is 10.6. The van der Waals surface area contributed by atoms with Gasteiger partial charge in [-0.25, -0.2) is 0 Å². The van der Waals surface area contributed by atoms with E-state index in [2.05, 4.69) is 39.5 Å². The van der Waals surface area contributed by atoms with E-state index < -0.39 is 0 Å². The number of carbonyl (C=O) groups is 1. The van der Waals surface area contributed by atoms with Crippen molar-refractivity contribution in [3.05, 3.63) is 28.5 Å². The molecule has 4 unspecified atom stereocenters. The van der Waals surface area contributed by atoms with Crippen LogP contribution in [0.25, 0.3) is 0 Å². The largest absolute Gasteiger partial charge is 0.295 e. The SMILES string of the molecule is CC1=C(C=C=C2CCCC3(C)C2CCC3C(C)CCCC(C)C)CCCC1=O. The van der Waals surface area contributed by atoms with Gasteiger partial charge in [-0.2, -0.15) is 0 Å². The highest BCUT2D eigenvalue weighted by Gasteiger charge is 2.50. The fraction of sp³-hybridized carbons (Fsp3) is 0.778. The summed E-state index contributed by atoms with van der Waals surface area (Å²) >= 11 is 0. The summed E-state index contributed by atoms with van der Waals surface area (Å²) in [7, 11) is 0. The molecule has 156 valence electrons. The summed E-state index contributed by atoms with van der Waals surface area (Å²) in [5.41, 5.74) is 8.00. The lowest BCUT2D eigenvalue weighted by Gasteiger charge is -2.44. The predicted octanol–water partition coefficient (Wildman–Crippen LogP) is 7.82. The number of hydrogen-bond acceptors (Lipinski definition) is 1. The Labute approximate surface area is 173 Å². The Hall–Kier alpha value is -1.07. The molecule has 0 aromatic rings. The lowest BCUT2D eigenvalue weighted by atomic mass is 9.61. The van der Waals surface area contributed by atoms with Crippen LogP contribution in [0.3, 0.4) is 0 Å². The zero-order valence-corrected chi connectivity index (χ0v) is 19.1. The minimum atomic E-state index is 0.342. The molecule has 0 radical (unpaired) electrons. The molecule has 3 rings (SSSR count). The summed E-state index contributed by atoms with van der Waals surface area (Å²) < 4.78 is 0. The van der Waals surface area contributed by atoms with Gasteiger partial charge in [0.1, 0.15) is 0 Å². The molecule has 2 saturated carbocycles. The number of rotatable bonds is 6. The Balaban J connectivity index is 1.75. The molecule has 0 heterocycles. The number of hydrogen-bond donors (Lipinski definition) is 0. The number of fused-ring (bicyclic) bond motifs is 1. The summed E-state index contributed by atoms with van der Waals surface area (Å²) in [5, 5.41) is 0. The van der Waals surface area contributed by atoms with Gasteiger partial charge in [0, 0.05) is 6.42 Å². The second-order valence-electron chi connectivity index (χ2n) is 10.6. The van der Waals surface area contributed by atoms with E-state index >= 15 is 0 Å². The van der Waals surface area contributed by atoms with E-state index in [4.69, 9.17) is 0 Å². The van der Waals surface area contributed by atoms with Gasteiger partial charge in [-0.1, -0.05) is 47.0 Å². The highest BCUT2D eigenvalue weighted by atomic mass is 16.1. The van der Waals surface area contributed by atoms with Crippen molar-refractivity contribution in [1.29, 1.82) is 0 Å². The average Bonchev–Trinajstić information content (AvgIpc) is 3.00. The van der Waals surface area contributed by atoms with Gasteiger partial charge in [0.15, 0.2) is 5.78 Å². The summed E-state index contributed by atoms with van der Waals surface area (Å²) in [6.45, 7) is 11.8. The van der Waals surface area contributed by atoms with Crippen molar-refractivity contribution >= 4 is 5.78 Å². The van der Waals surface area contributed by atoms with Gasteiger partial charge in [0.25, 0.3) is 0 Å². The zero-order chi connectivity index (χ0) is 20.3. The Morgan fingerprint density at radius 1 is 1.11 bits per heavy atom. The van der Waals surface area contributed by atoms with Crippen LogP contribution in [0, 0.1) is 29.1 Å². The highest BCUT2D eigenvalue weighted by molar-refractivity contribution is 5.96. The predicted molar refractivity (Wildman–Crippen MR) is 119 cm³/mol.